The number of carbonyl (C=O) groups excluding carboxylic acids is 1. The Bertz CT molecular complexity index is 599. The van der Waals surface area contributed by atoms with Gasteiger partial charge in [0.15, 0.2) is 6.04 Å². The summed E-state index contributed by atoms with van der Waals surface area (Å²) in [5.41, 5.74) is 2.28. The number of benzene rings is 1. The van der Waals surface area contributed by atoms with Crippen molar-refractivity contribution in [2.45, 2.75) is 13.0 Å². The van der Waals surface area contributed by atoms with Crippen molar-refractivity contribution >= 4 is 11.7 Å². The lowest BCUT2D eigenvalue weighted by molar-refractivity contribution is -0.141. The molecule has 104 valence electrons. The van der Waals surface area contributed by atoms with E-state index in [0.29, 0.717) is 5.69 Å². The third-order valence-electron chi connectivity index (χ3n) is 2.98. The number of halogens is 1. The molecule has 20 heavy (non-hydrogen) atoms. The first kappa shape index (κ1) is 14.0. The van der Waals surface area contributed by atoms with E-state index in [-0.39, 0.29) is 5.82 Å². The smallest absolute Gasteiger partial charge is 0.333 e. The number of methoxy groups -OCH3 is 1. The highest BCUT2D eigenvalue weighted by Gasteiger charge is 2.23. The minimum Gasteiger partial charge on any atom is -0.467 e. The van der Waals surface area contributed by atoms with Gasteiger partial charge in [0, 0.05) is 23.6 Å². The lowest BCUT2D eigenvalue weighted by Crippen LogP contribution is -2.23. The van der Waals surface area contributed by atoms with Gasteiger partial charge in [0.2, 0.25) is 0 Å². The lowest BCUT2D eigenvalue weighted by atomic mass is 10.0. The van der Waals surface area contributed by atoms with Crippen LogP contribution in [-0.2, 0) is 9.53 Å². The summed E-state index contributed by atoms with van der Waals surface area (Å²) in [6.07, 6.45) is 3.28. The maximum absolute atomic E-state index is 12.9. The topological polar surface area (TPSA) is 51.2 Å². The Balaban J connectivity index is 2.31. The SMILES string of the molecule is COC(=O)C(Nc1ccc(F)cc1)c1cnccc1C. The van der Waals surface area contributed by atoms with Crippen molar-refractivity contribution in [3.63, 3.8) is 0 Å². The summed E-state index contributed by atoms with van der Waals surface area (Å²) in [5.74, 6) is -0.756. The molecule has 1 unspecified atom stereocenters. The molecule has 0 radical (unpaired) electrons. The van der Waals surface area contributed by atoms with Gasteiger partial charge in [0.1, 0.15) is 5.82 Å². The second-order valence-electron chi connectivity index (χ2n) is 4.34. The van der Waals surface area contributed by atoms with E-state index in [9.17, 15) is 9.18 Å². The van der Waals surface area contributed by atoms with Gasteiger partial charge in [-0.25, -0.2) is 9.18 Å². The van der Waals surface area contributed by atoms with Crippen molar-refractivity contribution in [3.05, 3.63) is 59.7 Å². The number of hydrogen-bond donors (Lipinski definition) is 1. The van der Waals surface area contributed by atoms with Crippen molar-refractivity contribution in [2.75, 3.05) is 12.4 Å². The quantitative estimate of drug-likeness (QED) is 0.871. The molecular formula is C15H15FN2O2. The fraction of sp³-hybridized carbons (Fsp3) is 0.200. The van der Waals surface area contributed by atoms with Crippen LogP contribution in [0, 0.1) is 12.7 Å². The number of carbonyl (C=O) groups is 1. The molecule has 0 amide bonds. The first-order valence-electron chi connectivity index (χ1n) is 6.12. The Morgan fingerprint density at radius 1 is 1.30 bits per heavy atom. The molecule has 4 nitrogen and oxygen atoms in total. The molecular weight excluding hydrogens is 259 g/mol. The van der Waals surface area contributed by atoms with Crippen molar-refractivity contribution in [2.24, 2.45) is 0 Å². The van der Waals surface area contributed by atoms with E-state index in [1.165, 1.54) is 19.2 Å². The standard InChI is InChI=1S/C15H15FN2O2/c1-10-7-8-17-9-13(10)14(15(19)20-2)18-12-5-3-11(16)4-6-12/h3-9,14,18H,1-2H3. The van der Waals surface area contributed by atoms with Gasteiger partial charge in [-0.3, -0.25) is 4.98 Å². The van der Waals surface area contributed by atoms with Crippen molar-refractivity contribution in [3.8, 4) is 0 Å². The van der Waals surface area contributed by atoms with Gasteiger partial charge >= 0.3 is 5.97 Å². The Labute approximate surface area is 116 Å². The molecule has 1 aromatic heterocycles. The third kappa shape index (κ3) is 3.12. The van der Waals surface area contributed by atoms with Crippen LogP contribution in [0.3, 0.4) is 0 Å². The van der Waals surface area contributed by atoms with Crippen LogP contribution < -0.4 is 5.32 Å². The maximum Gasteiger partial charge on any atom is 0.333 e. The third-order valence-corrected chi connectivity index (χ3v) is 2.98. The molecule has 1 N–H and O–H groups in total. The molecule has 0 spiro atoms. The van der Waals surface area contributed by atoms with E-state index in [2.05, 4.69) is 10.3 Å². The first-order chi connectivity index (χ1) is 9.61. The lowest BCUT2D eigenvalue weighted by Gasteiger charge is -2.19. The van der Waals surface area contributed by atoms with E-state index in [1.807, 2.05) is 13.0 Å². The number of aromatic nitrogens is 1. The molecule has 0 bridgehead atoms. The van der Waals surface area contributed by atoms with Gasteiger partial charge in [-0.2, -0.15) is 0 Å². The minimum absolute atomic E-state index is 0.331. The predicted octanol–water partition coefficient (Wildman–Crippen LogP) is 2.86. The Morgan fingerprint density at radius 2 is 2.00 bits per heavy atom. The number of aryl methyl sites for hydroxylation is 1. The Kier molecular flexibility index (Phi) is 4.30. The zero-order valence-electron chi connectivity index (χ0n) is 11.3. The molecule has 0 aliphatic carbocycles. The summed E-state index contributed by atoms with van der Waals surface area (Å²) in [5, 5.41) is 3.03. The normalized spacial score (nSPS) is 11.8. The summed E-state index contributed by atoms with van der Waals surface area (Å²) >= 11 is 0. The van der Waals surface area contributed by atoms with Crippen molar-refractivity contribution in [1.29, 1.82) is 0 Å². The highest BCUT2D eigenvalue weighted by Crippen LogP contribution is 2.23. The van der Waals surface area contributed by atoms with Crippen LogP contribution in [-0.4, -0.2) is 18.1 Å². The Hall–Kier alpha value is -2.43. The molecule has 2 aromatic rings. The molecule has 0 aliphatic rings. The number of pyridine rings is 1. The summed E-state index contributed by atoms with van der Waals surface area (Å²) < 4.78 is 17.7. The highest BCUT2D eigenvalue weighted by atomic mass is 19.1. The first-order valence-corrected chi connectivity index (χ1v) is 6.12. The average molecular weight is 274 g/mol. The molecule has 1 heterocycles. The van der Waals surface area contributed by atoms with Crippen LogP contribution in [0.25, 0.3) is 0 Å². The number of nitrogens with one attached hydrogen (secondary N) is 1. The van der Waals surface area contributed by atoms with Crippen LogP contribution in [0.2, 0.25) is 0 Å². The zero-order chi connectivity index (χ0) is 14.5. The van der Waals surface area contributed by atoms with E-state index >= 15 is 0 Å². The molecule has 1 aromatic carbocycles. The highest BCUT2D eigenvalue weighted by molar-refractivity contribution is 5.81. The largest absolute Gasteiger partial charge is 0.467 e. The van der Waals surface area contributed by atoms with Crippen LogP contribution in [0.1, 0.15) is 17.2 Å². The monoisotopic (exact) mass is 274 g/mol. The average Bonchev–Trinajstić information content (AvgIpc) is 2.47. The fourth-order valence-corrected chi connectivity index (χ4v) is 1.87. The number of anilines is 1. The second kappa shape index (κ2) is 6.14. The van der Waals surface area contributed by atoms with E-state index in [0.717, 1.165) is 11.1 Å². The van der Waals surface area contributed by atoms with Gasteiger partial charge in [0.25, 0.3) is 0 Å². The minimum atomic E-state index is -0.681. The van der Waals surface area contributed by atoms with Crippen LogP contribution in [0.15, 0.2) is 42.7 Å². The maximum atomic E-state index is 12.9. The van der Waals surface area contributed by atoms with E-state index in [4.69, 9.17) is 4.74 Å². The number of rotatable bonds is 4. The molecule has 0 aliphatic heterocycles. The van der Waals surface area contributed by atoms with Gasteiger partial charge in [0.05, 0.1) is 7.11 Å². The summed E-state index contributed by atoms with van der Waals surface area (Å²) in [7, 11) is 1.33. The fourth-order valence-electron chi connectivity index (χ4n) is 1.87. The van der Waals surface area contributed by atoms with Gasteiger partial charge in [-0.05, 0) is 42.8 Å². The van der Waals surface area contributed by atoms with Gasteiger partial charge in [-0.15, -0.1) is 0 Å². The van der Waals surface area contributed by atoms with Gasteiger partial charge < -0.3 is 10.1 Å². The second-order valence-corrected chi connectivity index (χ2v) is 4.34. The summed E-state index contributed by atoms with van der Waals surface area (Å²) in [6.45, 7) is 1.89. The number of hydrogen-bond acceptors (Lipinski definition) is 4. The van der Waals surface area contributed by atoms with E-state index in [1.54, 1.807) is 24.5 Å². The molecule has 0 fully saturated rings. The summed E-state index contributed by atoms with van der Waals surface area (Å²) in [4.78, 5) is 16.0. The molecule has 2 rings (SSSR count). The van der Waals surface area contributed by atoms with Crippen LogP contribution >= 0.6 is 0 Å². The summed E-state index contributed by atoms with van der Waals surface area (Å²) in [6, 6.07) is 6.92. The number of esters is 1. The number of nitrogens with zero attached hydrogens (tertiary/aromatic N) is 1. The zero-order valence-corrected chi connectivity index (χ0v) is 11.3. The van der Waals surface area contributed by atoms with Crippen LogP contribution in [0.4, 0.5) is 10.1 Å². The molecule has 0 saturated carbocycles. The molecule has 1 atom stereocenters. The molecule has 5 heteroatoms. The molecule has 0 saturated heterocycles. The van der Waals surface area contributed by atoms with Crippen molar-refractivity contribution < 1.29 is 13.9 Å². The predicted molar refractivity (Wildman–Crippen MR) is 73.8 cm³/mol. The number of ether oxygens (including phenoxy) is 1. The van der Waals surface area contributed by atoms with E-state index < -0.39 is 12.0 Å². The van der Waals surface area contributed by atoms with Crippen LogP contribution in [0.5, 0.6) is 0 Å². The van der Waals surface area contributed by atoms with Gasteiger partial charge in [-0.1, -0.05) is 0 Å². The Morgan fingerprint density at radius 3 is 2.60 bits per heavy atom. The van der Waals surface area contributed by atoms with Crippen molar-refractivity contribution in [1.82, 2.24) is 4.98 Å².